The molecule has 2 heterocycles. The van der Waals surface area contributed by atoms with E-state index < -0.39 is 0 Å². The summed E-state index contributed by atoms with van der Waals surface area (Å²) >= 11 is 1.84. The van der Waals surface area contributed by atoms with Crippen molar-refractivity contribution in [1.29, 1.82) is 0 Å². The Bertz CT molecular complexity index is 2460. The number of nitrogens with zero attached hydrogens (tertiary/aromatic N) is 2. The largest absolute Gasteiger partial charge is 0.435 e. The topological polar surface area (TPSA) is 29.3 Å². The number of oxazole rings is 1. The average molecular weight is 569 g/mol. The summed E-state index contributed by atoms with van der Waals surface area (Å²) in [5.74, 6) is 0.637. The van der Waals surface area contributed by atoms with Gasteiger partial charge in [-0.2, -0.15) is 0 Å². The van der Waals surface area contributed by atoms with Gasteiger partial charge in [-0.25, -0.2) is 4.98 Å². The molecule has 0 aliphatic carbocycles. The highest BCUT2D eigenvalue weighted by Gasteiger charge is 2.18. The third kappa shape index (κ3) is 3.92. The van der Waals surface area contributed by atoms with E-state index in [9.17, 15) is 0 Å². The van der Waals surface area contributed by atoms with E-state index in [-0.39, 0.29) is 0 Å². The van der Waals surface area contributed by atoms with Crippen LogP contribution in [0.15, 0.2) is 150 Å². The Morgan fingerprint density at radius 3 is 2.02 bits per heavy atom. The minimum Gasteiger partial charge on any atom is -0.435 e. The van der Waals surface area contributed by atoms with E-state index >= 15 is 0 Å². The minimum atomic E-state index is 0.637. The number of hydrogen-bond donors (Lipinski definition) is 0. The minimum absolute atomic E-state index is 0.637. The maximum absolute atomic E-state index is 6.50. The molecule has 43 heavy (non-hydrogen) atoms. The SMILES string of the molecule is c1ccc(-c2nc3ccc4ccc5ccc(N(c6ccccc6)c6ccc7sc8ccccc8c7c6)cc5c4c3o2)cc1. The van der Waals surface area contributed by atoms with Gasteiger partial charge in [-0.15, -0.1) is 11.3 Å². The molecule has 0 spiro atoms. The van der Waals surface area contributed by atoms with Crippen molar-refractivity contribution in [3.8, 4) is 11.5 Å². The van der Waals surface area contributed by atoms with E-state index in [1.165, 1.54) is 20.2 Å². The Hall–Kier alpha value is -5.45. The van der Waals surface area contributed by atoms with Gasteiger partial charge in [-0.1, -0.05) is 78.9 Å². The van der Waals surface area contributed by atoms with Gasteiger partial charge in [-0.05, 0) is 82.9 Å². The van der Waals surface area contributed by atoms with Crippen LogP contribution in [-0.2, 0) is 0 Å². The molecule has 0 bridgehead atoms. The van der Waals surface area contributed by atoms with Crippen molar-refractivity contribution in [2.75, 3.05) is 4.90 Å². The fourth-order valence-electron chi connectivity index (χ4n) is 6.23. The second kappa shape index (κ2) is 9.55. The van der Waals surface area contributed by atoms with Gasteiger partial charge >= 0.3 is 0 Å². The van der Waals surface area contributed by atoms with E-state index in [0.717, 1.165) is 55.3 Å². The van der Waals surface area contributed by atoms with Gasteiger partial charge in [0.25, 0.3) is 0 Å². The zero-order valence-electron chi connectivity index (χ0n) is 23.1. The summed E-state index contributed by atoms with van der Waals surface area (Å²) in [6.45, 7) is 0. The first-order valence-electron chi connectivity index (χ1n) is 14.4. The first-order valence-corrected chi connectivity index (χ1v) is 15.2. The number of rotatable bonds is 4. The molecule has 0 atom stereocenters. The van der Waals surface area contributed by atoms with Crippen molar-refractivity contribution in [3.05, 3.63) is 146 Å². The second-order valence-corrected chi connectivity index (χ2v) is 11.9. The summed E-state index contributed by atoms with van der Waals surface area (Å²) in [4.78, 5) is 7.21. The fourth-order valence-corrected chi connectivity index (χ4v) is 7.32. The van der Waals surface area contributed by atoms with Crippen LogP contribution in [0.2, 0.25) is 0 Å². The van der Waals surface area contributed by atoms with Crippen LogP contribution in [0.25, 0.3) is 64.3 Å². The first kappa shape index (κ1) is 24.2. The predicted molar refractivity (Wildman–Crippen MR) is 182 cm³/mol. The van der Waals surface area contributed by atoms with Crippen LogP contribution in [0, 0.1) is 0 Å². The lowest BCUT2D eigenvalue weighted by Crippen LogP contribution is -2.09. The molecule has 0 saturated heterocycles. The highest BCUT2D eigenvalue weighted by molar-refractivity contribution is 7.25. The standard InChI is InChI=1S/C39H24N2OS/c1-3-9-27(10-4-1)39-40-34-21-18-26-16-15-25-17-19-29(23-32(25)37(26)38(34)42-39)41(28-11-5-2-6-12-28)30-20-22-36-33(24-30)31-13-7-8-14-35(31)43-36/h1-24H. The highest BCUT2D eigenvalue weighted by atomic mass is 32.1. The summed E-state index contributed by atoms with van der Waals surface area (Å²) in [7, 11) is 0. The van der Waals surface area contributed by atoms with Gasteiger partial charge in [0.2, 0.25) is 5.89 Å². The molecule has 0 aliphatic rings. The molecule has 9 aromatic rings. The molecule has 202 valence electrons. The quantitative estimate of drug-likeness (QED) is 0.198. The van der Waals surface area contributed by atoms with Crippen LogP contribution in [0.3, 0.4) is 0 Å². The molecule has 0 N–H and O–H groups in total. The fraction of sp³-hybridized carbons (Fsp3) is 0. The maximum atomic E-state index is 6.50. The lowest BCUT2D eigenvalue weighted by molar-refractivity contribution is 0.623. The molecule has 0 fully saturated rings. The van der Waals surface area contributed by atoms with E-state index in [1.54, 1.807) is 0 Å². The van der Waals surface area contributed by atoms with Gasteiger partial charge in [0.15, 0.2) is 5.58 Å². The number of fused-ring (bicyclic) bond motifs is 8. The molecule has 0 aliphatic heterocycles. The zero-order chi connectivity index (χ0) is 28.3. The lowest BCUT2D eigenvalue weighted by atomic mass is 10.00. The second-order valence-electron chi connectivity index (χ2n) is 10.8. The molecule has 9 rings (SSSR count). The Kier molecular flexibility index (Phi) is 5.37. The summed E-state index contributed by atoms with van der Waals surface area (Å²) in [5, 5.41) is 7.09. The Labute approximate surface area is 251 Å². The van der Waals surface area contributed by atoms with Crippen LogP contribution in [-0.4, -0.2) is 4.98 Å². The van der Waals surface area contributed by atoms with Crippen molar-refractivity contribution in [3.63, 3.8) is 0 Å². The number of anilines is 3. The van der Waals surface area contributed by atoms with Gasteiger partial charge in [-0.3, -0.25) is 0 Å². The molecular formula is C39H24N2OS. The van der Waals surface area contributed by atoms with Crippen molar-refractivity contribution >= 4 is 81.2 Å². The molecule has 0 saturated carbocycles. The molecule has 4 heteroatoms. The van der Waals surface area contributed by atoms with Crippen LogP contribution < -0.4 is 4.90 Å². The predicted octanol–water partition coefficient (Wildman–Crippen LogP) is 11.6. The first-order chi connectivity index (χ1) is 21.3. The van der Waals surface area contributed by atoms with Crippen molar-refractivity contribution in [2.45, 2.75) is 0 Å². The van der Waals surface area contributed by atoms with E-state index in [4.69, 9.17) is 9.40 Å². The van der Waals surface area contributed by atoms with Gasteiger partial charge in [0.1, 0.15) is 5.52 Å². The molecule has 3 nitrogen and oxygen atoms in total. The third-order valence-corrected chi connectivity index (χ3v) is 9.40. The van der Waals surface area contributed by atoms with Crippen molar-refractivity contribution < 1.29 is 4.42 Å². The van der Waals surface area contributed by atoms with Crippen molar-refractivity contribution in [2.24, 2.45) is 0 Å². The van der Waals surface area contributed by atoms with Crippen LogP contribution in [0.4, 0.5) is 17.1 Å². The van der Waals surface area contributed by atoms with Gasteiger partial charge in [0, 0.05) is 48.2 Å². The number of aromatic nitrogens is 1. The van der Waals surface area contributed by atoms with E-state index in [1.807, 2.05) is 41.7 Å². The van der Waals surface area contributed by atoms with Crippen molar-refractivity contribution in [1.82, 2.24) is 4.98 Å². The summed E-state index contributed by atoms with van der Waals surface area (Å²) < 4.78 is 9.11. The smallest absolute Gasteiger partial charge is 0.227 e. The molecule has 0 radical (unpaired) electrons. The lowest BCUT2D eigenvalue weighted by Gasteiger charge is -2.26. The molecular weight excluding hydrogens is 545 g/mol. The number of para-hydroxylation sites is 1. The number of thiophene rings is 1. The van der Waals surface area contributed by atoms with Crippen LogP contribution in [0.5, 0.6) is 0 Å². The van der Waals surface area contributed by atoms with Gasteiger partial charge < -0.3 is 9.32 Å². The summed E-state index contributed by atoms with van der Waals surface area (Å²) in [5.41, 5.74) is 5.97. The van der Waals surface area contributed by atoms with E-state index in [0.29, 0.717) is 5.89 Å². The monoisotopic (exact) mass is 568 g/mol. The number of benzene rings is 7. The maximum Gasteiger partial charge on any atom is 0.227 e. The third-order valence-electron chi connectivity index (χ3n) is 8.25. The molecule has 0 amide bonds. The molecule has 2 aromatic heterocycles. The normalized spacial score (nSPS) is 11.7. The van der Waals surface area contributed by atoms with Crippen LogP contribution in [0.1, 0.15) is 0 Å². The summed E-state index contributed by atoms with van der Waals surface area (Å²) in [6.07, 6.45) is 0. The molecule has 7 aromatic carbocycles. The average Bonchev–Trinajstić information content (AvgIpc) is 3.67. The Morgan fingerprint density at radius 1 is 0.512 bits per heavy atom. The summed E-state index contributed by atoms with van der Waals surface area (Å²) in [6, 6.07) is 51.5. The van der Waals surface area contributed by atoms with Gasteiger partial charge in [0.05, 0.1) is 0 Å². The number of hydrogen-bond acceptors (Lipinski definition) is 4. The Balaban J connectivity index is 1.29. The highest BCUT2D eigenvalue weighted by Crippen LogP contribution is 2.42. The zero-order valence-corrected chi connectivity index (χ0v) is 23.9. The Morgan fingerprint density at radius 2 is 1.16 bits per heavy atom. The van der Waals surface area contributed by atoms with E-state index in [2.05, 4.69) is 120 Å². The molecule has 0 unspecified atom stereocenters. The van der Waals surface area contributed by atoms with Crippen LogP contribution >= 0.6 is 11.3 Å².